The number of nitrogens with zero attached hydrogens (tertiary/aromatic N) is 4. The summed E-state index contributed by atoms with van der Waals surface area (Å²) in [4.78, 5) is 28.6. The molecule has 0 unspecified atom stereocenters. The van der Waals surface area contributed by atoms with Crippen molar-refractivity contribution in [1.29, 1.82) is 0 Å². The maximum atomic E-state index is 14.0. The number of aromatic nitrogens is 3. The molecule has 0 aliphatic carbocycles. The van der Waals surface area contributed by atoms with Gasteiger partial charge >= 0.3 is 6.18 Å². The Hall–Kier alpha value is -3.41. The fourth-order valence-corrected chi connectivity index (χ4v) is 4.67. The number of benzene rings is 1. The second kappa shape index (κ2) is 11.4. The zero-order valence-electron chi connectivity index (χ0n) is 22.3. The van der Waals surface area contributed by atoms with Gasteiger partial charge in [-0.1, -0.05) is 6.42 Å². The van der Waals surface area contributed by atoms with E-state index < -0.39 is 41.1 Å². The van der Waals surface area contributed by atoms with Crippen LogP contribution in [0.15, 0.2) is 35.3 Å². The van der Waals surface area contributed by atoms with Crippen LogP contribution in [0.3, 0.4) is 0 Å². The van der Waals surface area contributed by atoms with E-state index in [1.165, 1.54) is 36.0 Å². The van der Waals surface area contributed by atoms with E-state index in [-0.39, 0.29) is 22.7 Å². The van der Waals surface area contributed by atoms with E-state index >= 15 is 0 Å². The first-order valence-electron chi connectivity index (χ1n) is 13.0. The van der Waals surface area contributed by atoms with Gasteiger partial charge in [-0.15, -0.1) is 5.10 Å². The Kier molecular flexibility index (Phi) is 8.34. The van der Waals surface area contributed by atoms with Crippen molar-refractivity contribution in [2.45, 2.75) is 64.7 Å². The van der Waals surface area contributed by atoms with Gasteiger partial charge < -0.3 is 15.0 Å². The summed E-state index contributed by atoms with van der Waals surface area (Å²) in [6.07, 6.45) is 0.796. The number of hydrogen-bond acceptors (Lipinski definition) is 5. The molecule has 1 aromatic carbocycles. The summed E-state index contributed by atoms with van der Waals surface area (Å²) in [5.74, 6) is -1.77. The molecule has 212 valence electrons. The number of carbonyl (C=O) groups is 1. The van der Waals surface area contributed by atoms with Gasteiger partial charge in [0.2, 0.25) is 11.8 Å². The molecule has 2 aromatic heterocycles. The molecule has 1 saturated heterocycles. The molecule has 12 heteroatoms. The van der Waals surface area contributed by atoms with Gasteiger partial charge in [-0.2, -0.15) is 13.2 Å². The Bertz CT molecular complexity index is 1390. The molecule has 1 aliphatic heterocycles. The van der Waals surface area contributed by atoms with Crippen LogP contribution < -0.4 is 15.6 Å². The SMILES string of the molecule is CC(C)(C)NC(=O)Cn1c(-c2ccc(F)c(C(F)(F)F)c2)cn2nc(OCCCN3CCCCC3)cc2c1=O. The quantitative estimate of drug-likeness (QED) is 0.330. The van der Waals surface area contributed by atoms with Crippen LogP contribution in [0.5, 0.6) is 5.88 Å². The van der Waals surface area contributed by atoms with E-state index in [2.05, 4.69) is 15.3 Å². The van der Waals surface area contributed by atoms with Crippen molar-refractivity contribution in [2.75, 3.05) is 26.2 Å². The molecule has 1 amide bonds. The lowest BCUT2D eigenvalue weighted by Gasteiger charge is -2.26. The molecule has 3 aromatic rings. The molecule has 1 aliphatic rings. The normalized spacial score (nSPS) is 15.1. The molecule has 1 N–H and O–H groups in total. The standard InChI is InChI=1S/C27H33F4N5O3/c1-26(2,3)32-23(37)17-35-22(18-8-9-20(28)19(14-18)27(29,30)31)16-36-21(25(35)38)15-24(33-36)39-13-7-12-34-10-5-4-6-11-34/h8-9,14-16H,4-7,10-13,17H2,1-3H3,(H,32,37). The lowest BCUT2D eigenvalue weighted by molar-refractivity contribution is -0.140. The number of likely N-dealkylation sites (tertiary alicyclic amines) is 1. The largest absolute Gasteiger partial charge is 0.477 e. The second-order valence-electron chi connectivity index (χ2n) is 10.8. The highest BCUT2D eigenvalue weighted by molar-refractivity contribution is 5.77. The monoisotopic (exact) mass is 551 g/mol. The molecule has 4 rings (SSSR count). The number of piperidine rings is 1. The number of fused-ring (bicyclic) bond motifs is 1. The number of amides is 1. The number of rotatable bonds is 8. The first kappa shape index (κ1) is 28.6. The van der Waals surface area contributed by atoms with Gasteiger partial charge in [-0.3, -0.25) is 14.2 Å². The Balaban J connectivity index is 1.67. The van der Waals surface area contributed by atoms with Gasteiger partial charge in [0.25, 0.3) is 5.56 Å². The van der Waals surface area contributed by atoms with Crippen LogP contribution in [-0.2, 0) is 17.5 Å². The van der Waals surface area contributed by atoms with Crippen LogP contribution in [0.4, 0.5) is 17.6 Å². The van der Waals surface area contributed by atoms with E-state index in [1.807, 2.05) is 0 Å². The summed E-state index contributed by atoms with van der Waals surface area (Å²) in [5, 5.41) is 7.03. The van der Waals surface area contributed by atoms with Gasteiger partial charge in [0.15, 0.2) is 0 Å². The van der Waals surface area contributed by atoms with Gasteiger partial charge in [0.05, 0.1) is 24.1 Å². The summed E-state index contributed by atoms with van der Waals surface area (Å²) in [6.45, 7) is 8.23. The average molecular weight is 552 g/mol. The topological polar surface area (TPSA) is 80.9 Å². The second-order valence-corrected chi connectivity index (χ2v) is 10.8. The van der Waals surface area contributed by atoms with Gasteiger partial charge in [0.1, 0.15) is 17.9 Å². The fourth-order valence-electron chi connectivity index (χ4n) is 4.67. The molecule has 0 atom stereocenters. The van der Waals surface area contributed by atoms with E-state index in [4.69, 9.17) is 4.74 Å². The maximum Gasteiger partial charge on any atom is 0.419 e. The summed E-state index contributed by atoms with van der Waals surface area (Å²) < 4.78 is 62.3. The van der Waals surface area contributed by atoms with Crippen molar-refractivity contribution in [3.63, 3.8) is 0 Å². The number of nitrogens with one attached hydrogen (secondary N) is 1. The highest BCUT2D eigenvalue weighted by Crippen LogP contribution is 2.34. The highest BCUT2D eigenvalue weighted by atomic mass is 19.4. The number of alkyl halides is 3. The highest BCUT2D eigenvalue weighted by Gasteiger charge is 2.34. The molecule has 39 heavy (non-hydrogen) atoms. The Morgan fingerprint density at radius 3 is 2.49 bits per heavy atom. The van der Waals surface area contributed by atoms with Gasteiger partial charge in [-0.25, -0.2) is 8.91 Å². The predicted molar refractivity (Wildman–Crippen MR) is 138 cm³/mol. The summed E-state index contributed by atoms with van der Waals surface area (Å²) in [7, 11) is 0. The summed E-state index contributed by atoms with van der Waals surface area (Å²) >= 11 is 0. The van der Waals surface area contributed by atoms with Crippen LogP contribution >= 0.6 is 0 Å². The first-order valence-corrected chi connectivity index (χ1v) is 13.0. The lowest BCUT2D eigenvalue weighted by atomic mass is 10.1. The third kappa shape index (κ3) is 7.17. The zero-order chi connectivity index (χ0) is 28.4. The Morgan fingerprint density at radius 1 is 1.10 bits per heavy atom. The Labute approximate surface area is 223 Å². The summed E-state index contributed by atoms with van der Waals surface area (Å²) in [6, 6.07) is 3.88. The molecule has 1 fully saturated rings. The van der Waals surface area contributed by atoms with Gasteiger partial charge in [-0.05, 0) is 71.3 Å². The molecular formula is C27H33F4N5O3. The summed E-state index contributed by atoms with van der Waals surface area (Å²) in [5.41, 5.74) is -2.75. The van der Waals surface area contributed by atoms with E-state index in [9.17, 15) is 27.2 Å². The number of halogens is 4. The van der Waals surface area contributed by atoms with Crippen LogP contribution in [0.25, 0.3) is 16.8 Å². The van der Waals surface area contributed by atoms with Crippen molar-refractivity contribution >= 4 is 11.4 Å². The average Bonchev–Trinajstić information content (AvgIpc) is 3.26. The van der Waals surface area contributed by atoms with Crippen molar-refractivity contribution in [1.82, 2.24) is 24.4 Å². The third-order valence-electron chi connectivity index (χ3n) is 6.41. The predicted octanol–water partition coefficient (Wildman–Crippen LogP) is 4.49. The van der Waals surface area contributed by atoms with Crippen LogP contribution in [-0.4, -0.2) is 56.8 Å². The zero-order valence-corrected chi connectivity index (χ0v) is 22.3. The van der Waals surface area contributed by atoms with Crippen molar-refractivity contribution in [2.24, 2.45) is 0 Å². The molecule has 8 nitrogen and oxygen atoms in total. The van der Waals surface area contributed by atoms with Crippen molar-refractivity contribution in [3.8, 4) is 17.1 Å². The van der Waals surface area contributed by atoms with Crippen molar-refractivity contribution < 1.29 is 27.1 Å². The minimum atomic E-state index is -4.94. The maximum absolute atomic E-state index is 14.0. The molecule has 0 saturated carbocycles. The van der Waals surface area contributed by atoms with Crippen LogP contribution in [0, 0.1) is 5.82 Å². The lowest BCUT2D eigenvalue weighted by Crippen LogP contribution is -2.43. The molecular weight excluding hydrogens is 518 g/mol. The number of carbonyl (C=O) groups excluding carboxylic acids is 1. The first-order chi connectivity index (χ1) is 18.3. The van der Waals surface area contributed by atoms with Gasteiger partial charge in [0, 0.05) is 23.7 Å². The fraction of sp³-hybridized carbons (Fsp3) is 0.519. The van der Waals surface area contributed by atoms with Crippen LogP contribution in [0.1, 0.15) is 52.0 Å². The van der Waals surface area contributed by atoms with E-state index in [0.29, 0.717) is 18.7 Å². The molecule has 3 heterocycles. The minimum Gasteiger partial charge on any atom is -0.477 e. The van der Waals surface area contributed by atoms with E-state index in [0.717, 1.165) is 36.7 Å². The Morgan fingerprint density at radius 2 is 1.82 bits per heavy atom. The molecule has 0 bridgehead atoms. The minimum absolute atomic E-state index is 0.0261. The number of ether oxygens (including phenoxy) is 1. The van der Waals surface area contributed by atoms with Crippen LogP contribution in [0.2, 0.25) is 0 Å². The van der Waals surface area contributed by atoms with E-state index in [1.54, 1.807) is 20.8 Å². The third-order valence-corrected chi connectivity index (χ3v) is 6.41. The number of hydrogen-bond donors (Lipinski definition) is 1. The molecule has 0 radical (unpaired) electrons. The van der Waals surface area contributed by atoms with Crippen molar-refractivity contribution in [3.05, 3.63) is 52.2 Å². The molecule has 0 spiro atoms. The smallest absolute Gasteiger partial charge is 0.419 e.